The number of alkyl halides is 3. The van der Waals surface area contributed by atoms with Crippen LogP contribution in [0.15, 0.2) is 36.8 Å². The summed E-state index contributed by atoms with van der Waals surface area (Å²) < 4.78 is 53.8. The SMILES string of the molecule is O=C(Nc1cncc(F)c1)c1cnc2ccc(N3CCCC(C(F)(F)F)C3)nn12. The summed E-state index contributed by atoms with van der Waals surface area (Å²) in [4.78, 5) is 21.8. The van der Waals surface area contributed by atoms with E-state index in [0.717, 1.165) is 12.3 Å². The van der Waals surface area contributed by atoms with Crippen LogP contribution < -0.4 is 10.2 Å². The van der Waals surface area contributed by atoms with Gasteiger partial charge in [0.15, 0.2) is 11.3 Å². The van der Waals surface area contributed by atoms with Crippen molar-refractivity contribution < 1.29 is 22.4 Å². The second kappa shape index (κ2) is 7.30. The number of nitrogens with one attached hydrogen (secondary N) is 1. The Hall–Kier alpha value is -3.24. The molecule has 152 valence electrons. The Balaban J connectivity index is 1.60. The van der Waals surface area contributed by atoms with E-state index in [2.05, 4.69) is 20.4 Å². The van der Waals surface area contributed by atoms with Crippen molar-refractivity contribution in [1.82, 2.24) is 19.6 Å². The van der Waals surface area contributed by atoms with E-state index in [1.807, 2.05) is 0 Å². The zero-order valence-corrected chi connectivity index (χ0v) is 15.0. The molecule has 0 radical (unpaired) electrons. The second-order valence-electron chi connectivity index (χ2n) is 6.78. The lowest BCUT2D eigenvalue weighted by Gasteiger charge is -2.34. The van der Waals surface area contributed by atoms with Gasteiger partial charge < -0.3 is 10.2 Å². The van der Waals surface area contributed by atoms with E-state index in [1.54, 1.807) is 17.0 Å². The van der Waals surface area contributed by atoms with Gasteiger partial charge in [-0.3, -0.25) is 9.78 Å². The van der Waals surface area contributed by atoms with Crippen molar-refractivity contribution in [2.24, 2.45) is 5.92 Å². The average Bonchev–Trinajstić information content (AvgIpc) is 3.11. The molecule has 1 unspecified atom stereocenters. The summed E-state index contributed by atoms with van der Waals surface area (Å²) in [5.74, 6) is -2.29. The Morgan fingerprint density at radius 3 is 2.79 bits per heavy atom. The fourth-order valence-electron chi connectivity index (χ4n) is 3.31. The number of aromatic nitrogens is 4. The minimum atomic E-state index is -4.26. The van der Waals surface area contributed by atoms with Gasteiger partial charge in [-0.1, -0.05) is 0 Å². The van der Waals surface area contributed by atoms with E-state index in [0.29, 0.717) is 24.4 Å². The van der Waals surface area contributed by atoms with Crippen LogP contribution >= 0.6 is 0 Å². The highest BCUT2D eigenvalue weighted by atomic mass is 19.4. The normalized spacial score (nSPS) is 17.5. The third kappa shape index (κ3) is 3.98. The predicted molar refractivity (Wildman–Crippen MR) is 96.1 cm³/mol. The van der Waals surface area contributed by atoms with Gasteiger partial charge in [0.25, 0.3) is 5.91 Å². The van der Waals surface area contributed by atoms with Crippen LogP contribution in [0.25, 0.3) is 5.65 Å². The lowest BCUT2D eigenvalue weighted by Crippen LogP contribution is -2.42. The number of pyridine rings is 1. The number of hydrogen-bond donors (Lipinski definition) is 1. The third-order valence-electron chi connectivity index (χ3n) is 4.75. The van der Waals surface area contributed by atoms with Crippen LogP contribution in [0.3, 0.4) is 0 Å². The van der Waals surface area contributed by atoms with Crippen LogP contribution in [0.2, 0.25) is 0 Å². The number of anilines is 2. The first-order valence-corrected chi connectivity index (χ1v) is 8.89. The van der Waals surface area contributed by atoms with Crippen molar-refractivity contribution in [2.75, 3.05) is 23.3 Å². The van der Waals surface area contributed by atoms with Crippen molar-refractivity contribution in [3.05, 3.63) is 48.3 Å². The molecular formula is C18H16F4N6O. The van der Waals surface area contributed by atoms with Gasteiger partial charge in [0.2, 0.25) is 0 Å². The number of rotatable bonds is 3. The maximum Gasteiger partial charge on any atom is 0.393 e. The standard InChI is InChI=1S/C18H16F4N6O/c19-12-6-13(8-23-7-12)25-17(29)14-9-24-15-3-4-16(26-28(14)15)27-5-1-2-11(10-27)18(20,21)22/h3-4,6-9,11H,1-2,5,10H2,(H,25,29). The molecule has 29 heavy (non-hydrogen) atoms. The summed E-state index contributed by atoms with van der Waals surface area (Å²) in [5.41, 5.74) is 0.585. The van der Waals surface area contributed by atoms with Gasteiger partial charge in [-0.05, 0) is 25.0 Å². The van der Waals surface area contributed by atoms with Gasteiger partial charge in [0.05, 0.1) is 30.2 Å². The van der Waals surface area contributed by atoms with Gasteiger partial charge >= 0.3 is 6.18 Å². The maximum atomic E-state index is 13.3. The van der Waals surface area contributed by atoms with Crippen molar-refractivity contribution in [1.29, 1.82) is 0 Å². The van der Waals surface area contributed by atoms with Crippen molar-refractivity contribution in [3.8, 4) is 0 Å². The number of carbonyl (C=O) groups is 1. The van der Waals surface area contributed by atoms with Crippen molar-refractivity contribution >= 4 is 23.1 Å². The number of piperidine rings is 1. The minimum Gasteiger partial charge on any atom is -0.355 e. The third-order valence-corrected chi connectivity index (χ3v) is 4.75. The number of carbonyl (C=O) groups excluding carboxylic acids is 1. The number of nitrogens with zero attached hydrogens (tertiary/aromatic N) is 5. The Bertz CT molecular complexity index is 1050. The predicted octanol–water partition coefficient (Wildman–Crippen LogP) is 3.29. The highest BCUT2D eigenvalue weighted by Gasteiger charge is 2.42. The summed E-state index contributed by atoms with van der Waals surface area (Å²) in [6.07, 6.45) is -0.195. The van der Waals surface area contributed by atoms with Crippen molar-refractivity contribution in [2.45, 2.75) is 19.0 Å². The van der Waals surface area contributed by atoms with E-state index in [9.17, 15) is 22.4 Å². The lowest BCUT2D eigenvalue weighted by molar-refractivity contribution is -0.176. The molecule has 11 heteroatoms. The van der Waals surface area contributed by atoms with Crippen LogP contribution in [0, 0.1) is 11.7 Å². The summed E-state index contributed by atoms with van der Waals surface area (Å²) in [7, 11) is 0. The first-order valence-electron chi connectivity index (χ1n) is 8.89. The highest BCUT2D eigenvalue weighted by molar-refractivity contribution is 6.03. The Kier molecular flexibility index (Phi) is 4.81. The van der Waals surface area contributed by atoms with E-state index < -0.39 is 23.8 Å². The molecule has 3 aromatic rings. The van der Waals surface area contributed by atoms with E-state index in [1.165, 1.54) is 16.9 Å². The van der Waals surface area contributed by atoms with E-state index in [4.69, 9.17) is 0 Å². The highest BCUT2D eigenvalue weighted by Crippen LogP contribution is 2.34. The summed E-state index contributed by atoms with van der Waals surface area (Å²) in [5, 5.41) is 6.82. The fraction of sp³-hybridized carbons (Fsp3) is 0.333. The molecule has 0 aromatic carbocycles. The zero-order valence-electron chi connectivity index (χ0n) is 15.0. The second-order valence-corrected chi connectivity index (χ2v) is 6.78. The largest absolute Gasteiger partial charge is 0.393 e. The monoisotopic (exact) mass is 408 g/mol. The topological polar surface area (TPSA) is 75.4 Å². The zero-order chi connectivity index (χ0) is 20.6. The first-order chi connectivity index (χ1) is 13.8. The summed E-state index contributed by atoms with van der Waals surface area (Å²) in [6, 6.07) is 4.28. The molecule has 1 aliphatic rings. The van der Waals surface area contributed by atoms with Crippen molar-refractivity contribution in [3.63, 3.8) is 0 Å². The Morgan fingerprint density at radius 1 is 1.21 bits per heavy atom. The molecular weight excluding hydrogens is 392 g/mol. The number of amides is 1. The quantitative estimate of drug-likeness (QED) is 0.673. The number of hydrogen-bond acceptors (Lipinski definition) is 5. The maximum absolute atomic E-state index is 13.3. The number of fused-ring (bicyclic) bond motifs is 1. The molecule has 0 spiro atoms. The molecule has 1 aliphatic heterocycles. The molecule has 1 N–H and O–H groups in total. The number of imidazole rings is 1. The molecule has 1 fully saturated rings. The molecule has 4 rings (SSSR count). The smallest absolute Gasteiger partial charge is 0.355 e. The molecule has 0 aliphatic carbocycles. The molecule has 0 bridgehead atoms. The molecule has 3 aromatic heterocycles. The number of halogens is 4. The summed E-state index contributed by atoms with van der Waals surface area (Å²) >= 11 is 0. The van der Waals surface area contributed by atoms with Gasteiger partial charge in [-0.2, -0.15) is 13.2 Å². The van der Waals surface area contributed by atoms with Crippen LogP contribution in [-0.2, 0) is 0 Å². The minimum absolute atomic E-state index is 0.0653. The van der Waals surface area contributed by atoms with Crippen LogP contribution in [0.5, 0.6) is 0 Å². The molecule has 7 nitrogen and oxygen atoms in total. The van der Waals surface area contributed by atoms with Gasteiger partial charge in [-0.25, -0.2) is 13.9 Å². The van der Waals surface area contributed by atoms with Gasteiger partial charge in [-0.15, -0.1) is 5.10 Å². The molecule has 0 saturated carbocycles. The Morgan fingerprint density at radius 2 is 2.03 bits per heavy atom. The van der Waals surface area contributed by atoms with E-state index >= 15 is 0 Å². The summed E-state index contributed by atoms with van der Waals surface area (Å²) in [6.45, 7) is 0.253. The molecule has 4 heterocycles. The van der Waals surface area contributed by atoms with Crippen LogP contribution in [0.1, 0.15) is 23.3 Å². The van der Waals surface area contributed by atoms with Crippen LogP contribution in [0.4, 0.5) is 29.1 Å². The average molecular weight is 408 g/mol. The Labute approximate surface area is 162 Å². The molecule has 1 atom stereocenters. The van der Waals surface area contributed by atoms with Gasteiger partial charge in [0, 0.05) is 19.2 Å². The molecule has 1 saturated heterocycles. The first kappa shape index (κ1) is 19.1. The van der Waals surface area contributed by atoms with Crippen LogP contribution in [-0.4, -0.2) is 44.8 Å². The molecule has 1 amide bonds. The van der Waals surface area contributed by atoms with E-state index in [-0.39, 0.29) is 24.3 Å². The van der Waals surface area contributed by atoms with Gasteiger partial charge in [0.1, 0.15) is 11.6 Å². The fourth-order valence-corrected chi connectivity index (χ4v) is 3.31. The lowest BCUT2D eigenvalue weighted by atomic mass is 9.97.